The van der Waals surface area contributed by atoms with Gasteiger partial charge < -0.3 is 10.2 Å². The van der Waals surface area contributed by atoms with Gasteiger partial charge in [-0.05, 0) is 43.9 Å². The van der Waals surface area contributed by atoms with Crippen LogP contribution < -0.4 is 10.0 Å². The molecule has 25 heavy (non-hydrogen) atoms. The van der Waals surface area contributed by atoms with Crippen LogP contribution in [0.4, 0.5) is 0 Å². The van der Waals surface area contributed by atoms with Crippen molar-refractivity contribution in [1.82, 2.24) is 14.9 Å². The zero-order valence-corrected chi connectivity index (χ0v) is 16.0. The Morgan fingerprint density at radius 2 is 1.96 bits per heavy atom. The van der Waals surface area contributed by atoms with Gasteiger partial charge in [-0.15, -0.1) is 12.4 Å². The van der Waals surface area contributed by atoms with Crippen molar-refractivity contribution in [2.75, 3.05) is 19.6 Å². The Balaban J connectivity index is 0.00000225. The van der Waals surface area contributed by atoms with Gasteiger partial charge in [0.1, 0.15) is 0 Å². The molecule has 1 unspecified atom stereocenters. The number of piperazine rings is 1. The summed E-state index contributed by atoms with van der Waals surface area (Å²) in [6.45, 7) is 4.49. The maximum atomic E-state index is 12.3. The highest BCUT2D eigenvalue weighted by atomic mass is 35.5. The maximum Gasteiger partial charge on any atom is 0.240 e. The van der Waals surface area contributed by atoms with E-state index < -0.39 is 10.0 Å². The van der Waals surface area contributed by atoms with Crippen LogP contribution in [0.1, 0.15) is 31.7 Å². The average Bonchev–Trinajstić information content (AvgIpc) is 3.37. The summed E-state index contributed by atoms with van der Waals surface area (Å²) in [6, 6.07) is 7.18. The normalized spacial score (nSPS) is 20.8. The molecule has 0 spiro atoms. The first-order chi connectivity index (χ1) is 11.5. The number of carbonyl (C=O) groups excluding carboxylic acids is 1. The van der Waals surface area contributed by atoms with Crippen molar-refractivity contribution < 1.29 is 13.2 Å². The number of halogens is 1. The molecule has 2 aliphatic rings. The molecule has 0 bridgehead atoms. The van der Waals surface area contributed by atoms with Crippen LogP contribution in [-0.2, 0) is 21.2 Å². The summed E-state index contributed by atoms with van der Waals surface area (Å²) in [5.74, 6) is 0.163. The average molecular weight is 388 g/mol. The van der Waals surface area contributed by atoms with Gasteiger partial charge in [-0.1, -0.05) is 12.1 Å². The summed E-state index contributed by atoms with van der Waals surface area (Å²) < 4.78 is 26.9. The quantitative estimate of drug-likeness (QED) is 0.771. The molecule has 1 atom stereocenters. The number of benzene rings is 1. The Morgan fingerprint density at radius 3 is 2.56 bits per heavy atom. The molecule has 1 aromatic carbocycles. The second kappa shape index (κ2) is 8.49. The molecular formula is C17H26ClN3O3S. The molecule has 1 heterocycles. The molecule has 1 aromatic rings. The van der Waals surface area contributed by atoms with Gasteiger partial charge in [0, 0.05) is 38.1 Å². The van der Waals surface area contributed by atoms with E-state index >= 15 is 0 Å². The second-order valence-electron chi connectivity index (χ2n) is 6.68. The summed E-state index contributed by atoms with van der Waals surface area (Å²) in [5, 5.41) is 3.27. The molecular weight excluding hydrogens is 362 g/mol. The smallest absolute Gasteiger partial charge is 0.240 e. The SMILES string of the molecule is CC1CNCCN1C(=O)CCc1ccc(S(=O)(=O)NC2CC2)cc1.Cl. The molecule has 2 fully saturated rings. The molecule has 1 amide bonds. The van der Waals surface area contributed by atoms with E-state index in [0.29, 0.717) is 17.7 Å². The third kappa shape index (κ3) is 5.41. The first-order valence-corrected chi connectivity index (χ1v) is 10.1. The fourth-order valence-corrected chi connectivity index (χ4v) is 4.24. The zero-order valence-electron chi connectivity index (χ0n) is 14.4. The van der Waals surface area contributed by atoms with Crippen LogP contribution in [0.5, 0.6) is 0 Å². The zero-order chi connectivity index (χ0) is 17.2. The molecule has 140 valence electrons. The van der Waals surface area contributed by atoms with Crippen molar-refractivity contribution in [3.63, 3.8) is 0 Å². The van der Waals surface area contributed by atoms with Crippen LogP contribution in [0.3, 0.4) is 0 Å². The van der Waals surface area contributed by atoms with Gasteiger partial charge in [0.15, 0.2) is 0 Å². The summed E-state index contributed by atoms with van der Waals surface area (Å²) in [6.07, 6.45) is 2.93. The van der Waals surface area contributed by atoms with E-state index in [4.69, 9.17) is 0 Å². The van der Waals surface area contributed by atoms with Crippen molar-refractivity contribution in [3.05, 3.63) is 29.8 Å². The molecule has 1 saturated heterocycles. The highest BCUT2D eigenvalue weighted by Gasteiger charge is 2.28. The van der Waals surface area contributed by atoms with Crippen LogP contribution >= 0.6 is 12.4 Å². The van der Waals surface area contributed by atoms with E-state index in [2.05, 4.69) is 17.0 Å². The van der Waals surface area contributed by atoms with Crippen LogP contribution in [0, 0.1) is 0 Å². The minimum Gasteiger partial charge on any atom is -0.337 e. The lowest BCUT2D eigenvalue weighted by molar-refractivity contribution is -0.133. The van der Waals surface area contributed by atoms with Crippen LogP contribution in [0.15, 0.2) is 29.2 Å². The summed E-state index contributed by atoms with van der Waals surface area (Å²) >= 11 is 0. The van der Waals surface area contributed by atoms with E-state index in [1.54, 1.807) is 24.3 Å². The van der Waals surface area contributed by atoms with Crippen LogP contribution in [-0.4, -0.2) is 50.9 Å². The Hall–Kier alpha value is -1.15. The van der Waals surface area contributed by atoms with Gasteiger partial charge in [-0.25, -0.2) is 13.1 Å². The van der Waals surface area contributed by atoms with Gasteiger partial charge in [0.25, 0.3) is 0 Å². The van der Waals surface area contributed by atoms with Crippen molar-refractivity contribution >= 4 is 28.3 Å². The molecule has 1 aliphatic carbocycles. The minimum absolute atomic E-state index is 0. The van der Waals surface area contributed by atoms with Crippen molar-refractivity contribution in [2.24, 2.45) is 0 Å². The van der Waals surface area contributed by atoms with Gasteiger partial charge in [0.2, 0.25) is 15.9 Å². The number of carbonyl (C=O) groups is 1. The number of sulfonamides is 1. The van der Waals surface area contributed by atoms with Gasteiger partial charge >= 0.3 is 0 Å². The van der Waals surface area contributed by atoms with Crippen LogP contribution in [0.25, 0.3) is 0 Å². The number of hydrogen-bond acceptors (Lipinski definition) is 4. The number of rotatable bonds is 6. The van der Waals surface area contributed by atoms with Gasteiger partial charge in [0.05, 0.1) is 4.90 Å². The predicted molar refractivity (Wildman–Crippen MR) is 99.4 cm³/mol. The van der Waals surface area contributed by atoms with E-state index in [-0.39, 0.29) is 30.4 Å². The summed E-state index contributed by atoms with van der Waals surface area (Å²) in [7, 11) is -3.40. The number of nitrogens with zero attached hydrogens (tertiary/aromatic N) is 1. The molecule has 2 N–H and O–H groups in total. The lowest BCUT2D eigenvalue weighted by Gasteiger charge is -2.34. The number of hydrogen-bond donors (Lipinski definition) is 2. The molecule has 6 nitrogen and oxygen atoms in total. The number of amides is 1. The molecule has 3 rings (SSSR count). The second-order valence-corrected chi connectivity index (χ2v) is 8.39. The predicted octanol–water partition coefficient (Wildman–Crippen LogP) is 1.30. The highest BCUT2D eigenvalue weighted by Crippen LogP contribution is 2.22. The van der Waals surface area contributed by atoms with E-state index in [1.807, 2.05) is 4.90 Å². The Morgan fingerprint density at radius 1 is 1.28 bits per heavy atom. The summed E-state index contributed by atoms with van der Waals surface area (Å²) in [5.41, 5.74) is 0.983. The molecule has 0 aromatic heterocycles. The van der Waals surface area contributed by atoms with Gasteiger partial charge in [-0.2, -0.15) is 0 Å². The lowest BCUT2D eigenvalue weighted by Crippen LogP contribution is -2.52. The monoisotopic (exact) mass is 387 g/mol. The lowest BCUT2D eigenvalue weighted by atomic mass is 10.1. The van der Waals surface area contributed by atoms with Crippen molar-refractivity contribution in [2.45, 2.75) is 49.6 Å². The third-order valence-corrected chi connectivity index (χ3v) is 6.12. The molecule has 1 aliphatic heterocycles. The van der Waals surface area contributed by atoms with Crippen molar-refractivity contribution in [1.29, 1.82) is 0 Å². The maximum absolute atomic E-state index is 12.3. The summed E-state index contributed by atoms with van der Waals surface area (Å²) in [4.78, 5) is 14.5. The van der Waals surface area contributed by atoms with Gasteiger partial charge in [-0.3, -0.25) is 4.79 Å². The first-order valence-electron chi connectivity index (χ1n) is 8.57. The topological polar surface area (TPSA) is 78.5 Å². The number of aryl methyl sites for hydroxylation is 1. The largest absolute Gasteiger partial charge is 0.337 e. The molecule has 1 saturated carbocycles. The minimum atomic E-state index is -3.40. The first kappa shape index (κ1) is 20.2. The van der Waals surface area contributed by atoms with E-state index in [9.17, 15) is 13.2 Å². The van der Waals surface area contributed by atoms with E-state index in [0.717, 1.165) is 38.0 Å². The van der Waals surface area contributed by atoms with Crippen LogP contribution in [0.2, 0.25) is 0 Å². The standard InChI is InChI=1S/C17H25N3O3S.ClH/c1-13-12-18-10-11-20(13)17(21)9-4-14-2-7-16(8-3-14)24(22,23)19-15-5-6-15;/h2-3,7-8,13,15,18-19H,4-6,9-12H2,1H3;1H. The van der Waals surface area contributed by atoms with Crippen molar-refractivity contribution in [3.8, 4) is 0 Å². The Bertz CT molecular complexity index is 690. The van der Waals surface area contributed by atoms with E-state index in [1.165, 1.54) is 0 Å². The fourth-order valence-electron chi connectivity index (χ4n) is 2.93. The highest BCUT2D eigenvalue weighted by molar-refractivity contribution is 7.89. The fraction of sp³-hybridized carbons (Fsp3) is 0.588. The third-order valence-electron chi connectivity index (χ3n) is 4.58. The molecule has 8 heteroatoms. The Kier molecular flexibility index (Phi) is 6.85. The number of nitrogens with one attached hydrogen (secondary N) is 2. The Labute approximate surface area is 155 Å². The molecule has 0 radical (unpaired) electrons.